The number of benzene rings is 2. The van der Waals surface area contributed by atoms with Crippen molar-refractivity contribution in [1.29, 1.82) is 0 Å². The van der Waals surface area contributed by atoms with Gasteiger partial charge < -0.3 is 15.5 Å². The zero-order valence-electron chi connectivity index (χ0n) is 14.0. The molecule has 0 aliphatic rings. The van der Waals surface area contributed by atoms with Crippen LogP contribution in [0.5, 0.6) is 5.75 Å². The maximum Gasteiger partial charge on any atom is 0.276 e. The van der Waals surface area contributed by atoms with Gasteiger partial charge in [-0.2, -0.15) is 0 Å². The number of fused-ring (bicyclic) bond motifs is 1. The Balaban J connectivity index is 1.62. The fourth-order valence-corrected chi connectivity index (χ4v) is 2.95. The standard InChI is InChI=1S/C20H18N4O2/c21-20-23-17-15(11-22-18(17)19(25)24-20)10-14-8-4-5-9-16(14)26-12-13-6-2-1-3-7-13/h1-9,11,22H,10,12H2,(H3,21,23,24,25). The largest absolute Gasteiger partial charge is 0.489 e. The number of hydrogen-bond acceptors (Lipinski definition) is 4. The molecule has 26 heavy (non-hydrogen) atoms. The van der Waals surface area contributed by atoms with E-state index >= 15 is 0 Å². The fraction of sp³-hybridized carbons (Fsp3) is 0.100. The van der Waals surface area contributed by atoms with Gasteiger partial charge in [0, 0.05) is 18.2 Å². The number of H-pyrrole nitrogens is 2. The quantitative estimate of drug-likeness (QED) is 0.517. The van der Waals surface area contributed by atoms with Gasteiger partial charge in [-0.1, -0.05) is 48.5 Å². The van der Waals surface area contributed by atoms with Crippen molar-refractivity contribution in [1.82, 2.24) is 15.0 Å². The summed E-state index contributed by atoms with van der Waals surface area (Å²) in [7, 11) is 0. The fourth-order valence-electron chi connectivity index (χ4n) is 2.95. The van der Waals surface area contributed by atoms with E-state index in [4.69, 9.17) is 10.5 Å². The molecule has 0 bridgehead atoms. The number of para-hydroxylation sites is 1. The summed E-state index contributed by atoms with van der Waals surface area (Å²) in [5.74, 6) is 0.917. The van der Waals surface area contributed by atoms with Gasteiger partial charge in [0.2, 0.25) is 5.95 Å². The molecule has 0 aliphatic carbocycles. The SMILES string of the molecule is Nc1nc2c(Cc3ccccc3OCc3ccccc3)c[nH]c2c(=O)[nH]1. The molecule has 0 saturated heterocycles. The van der Waals surface area contributed by atoms with Gasteiger partial charge in [0.15, 0.2) is 0 Å². The lowest BCUT2D eigenvalue weighted by molar-refractivity contribution is 0.303. The summed E-state index contributed by atoms with van der Waals surface area (Å²) >= 11 is 0. The minimum absolute atomic E-state index is 0.108. The Morgan fingerprint density at radius 1 is 1.00 bits per heavy atom. The second kappa shape index (κ2) is 6.76. The van der Waals surface area contributed by atoms with Crippen molar-refractivity contribution >= 4 is 17.0 Å². The van der Waals surface area contributed by atoms with Gasteiger partial charge in [-0.05, 0) is 17.2 Å². The second-order valence-electron chi connectivity index (χ2n) is 6.05. The predicted octanol–water partition coefficient (Wildman–Crippen LogP) is 3.00. The topological polar surface area (TPSA) is 96.8 Å². The summed E-state index contributed by atoms with van der Waals surface area (Å²) in [6, 6.07) is 17.9. The van der Waals surface area contributed by atoms with Crippen LogP contribution in [-0.4, -0.2) is 15.0 Å². The van der Waals surface area contributed by atoms with E-state index in [0.29, 0.717) is 24.1 Å². The van der Waals surface area contributed by atoms with Crippen LogP contribution in [0.25, 0.3) is 11.0 Å². The van der Waals surface area contributed by atoms with Crippen molar-refractivity contribution in [2.24, 2.45) is 0 Å². The van der Waals surface area contributed by atoms with Gasteiger partial charge in [-0.15, -0.1) is 0 Å². The summed E-state index contributed by atoms with van der Waals surface area (Å²) in [6.45, 7) is 0.497. The Morgan fingerprint density at radius 3 is 2.62 bits per heavy atom. The number of anilines is 1. The normalized spacial score (nSPS) is 10.9. The van der Waals surface area contributed by atoms with Gasteiger partial charge in [-0.3, -0.25) is 9.78 Å². The van der Waals surface area contributed by atoms with E-state index < -0.39 is 0 Å². The second-order valence-corrected chi connectivity index (χ2v) is 6.05. The zero-order valence-corrected chi connectivity index (χ0v) is 14.0. The molecule has 130 valence electrons. The predicted molar refractivity (Wildman–Crippen MR) is 101 cm³/mol. The van der Waals surface area contributed by atoms with E-state index in [1.165, 1.54) is 0 Å². The summed E-state index contributed by atoms with van der Waals surface area (Å²) in [5.41, 5.74) is 9.45. The van der Waals surface area contributed by atoms with Gasteiger partial charge in [0.05, 0.1) is 0 Å². The molecule has 2 aromatic heterocycles. The first-order valence-electron chi connectivity index (χ1n) is 8.31. The molecule has 2 heterocycles. The van der Waals surface area contributed by atoms with E-state index in [2.05, 4.69) is 15.0 Å². The third kappa shape index (κ3) is 3.17. The van der Waals surface area contributed by atoms with Crippen molar-refractivity contribution in [3.8, 4) is 5.75 Å². The van der Waals surface area contributed by atoms with Crippen molar-refractivity contribution in [3.63, 3.8) is 0 Å². The van der Waals surface area contributed by atoms with Crippen molar-refractivity contribution in [3.05, 3.63) is 87.8 Å². The molecule has 4 rings (SSSR count). The van der Waals surface area contributed by atoms with Crippen molar-refractivity contribution in [2.45, 2.75) is 13.0 Å². The van der Waals surface area contributed by atoms with E-state index in [1.54, 1.807) is 6.20 Å². The highest BCUT2D eigenvalue weighted by Gasteiger charge is 2.12. The Bertz CT molecular complexity index is 1100. The Labute approximate surface area is 149 Å². The lowest BCUT2D eigenvalue weighted by atomic mass is 10.1. The van der Waals surface area contributed by atoms with Crippen LogP contribution in [0.1, 0.15) is 16.7 Å². The van der Waals surface area contributed by atoms with Crippen LogP contribution in [-0.2, 0) is 13.0 Å². The highest BCUT2D eigenvalue weighted by molar-refractivity contribution is 5.79. The third-order valence-electron chi connectivity index (χ3n) is 4.22. The van der Waals surface area contributed by atoms with E-state index in [0.717, 1.165) is 22.4 Å². The Kier molecular flexibility index (Phi) is 4.15. The first-order valence-corrected chi connectivity index (χ1v) is 8.31. The molecule has 0 spiro atoms. The number of nitrogen functional groups attached to an aromatic ring is 1. The Hall–Kier alpha value is -3.54. The number of nitrogens with one attached hydrogen (secondary N) is 2. The molecule has 0 aliphatic heterocycles. The highest BCUT2D eigenvalue weighted by atomic mass is 16.5. The maximum atomic E-state index is 12.0. The number of hydrogen-bond donors (Lipinski definition) is 3. The minimum atomic E-state index is -0.271. The van der Waals surface area contributed by atoms with Crippen molar-refractivity contribution in [2.75, 3.05) is 5.73 Å². The van der Waals surface area contributed by atoms with Crippen LogP contribution in [0.3, 0.4) is 0 Å². The average molecular weight is 346 g/mol. The third-order valence-corrected chi connectivity index (χ3v) is 4.22. The zero-order chi connectivity index (χ0) is 17.9. The van der Waals surface area contributed by atoms with Crippen LogP contribution in [0.2, 0.25) is 0 Å². The average Bonchev–Trinajstić information content (AvgIpc) is 3.05. The van der Waals surface area contributed by atoms with Crippen molar-refractivity contribution < 1.29 is 4.74 Å². The first-order chi connectivity index (χ1) is 12.7. The molecule has 0 atom stereocenters. The molecular formula is C20H18N4O2. The number of rotatable bonds is 5. The molecule has 0 amide bonds. The Morgan fingerprint density at radius 2 is 1.77 bits per heavy atom. The molecule has 0 radical (unpaired) electrons. The smallest absolute Gasteiger partial charge is 0.276 e. The molecule has 4 aromatic rings. The lowest BCUT2D eigenvalue weighted by Crippen LogP contribution is -2.11. The minimum Gasteiger partial charge on any atom is -0.489 e. The number of nitrogens with two attached hydrogens (primary N) is 1. The molecule has 2 aromatic carbocycles. The van der Waals surface area contributed by atoms with E-state index in [-0.39, 0.29) is 11.5 Å². The molecule has 6 heteroatoms. The van der Waals surface area contributed by atoms with Gasteiger partial charge in [0.25, 0.3) is 5.56 Å². The summed E-state index contributed by atoms with van der Waals surface area (Å²) in [5, 5.41) is 0. The maximum absolute atomic E-state index is 12.0. The molecule has 0 saturated carbocycles. The molecular weight excluding hydrogens is 328 g/mol. The molecule has 0 fully saturated rings. The van der Waals surface area contributed by atoms with Gasteiger partial charge in [-0.25, -0.2) is 4.98 Å². The van der Waals surface area contributed by atoms with Crippen LogP contribution in [0.15, 0.2) is 65.6 Å². The lowest BCUT2D eigenvalue weighted by Gasteiger charge is -2.11. The number of nitrogens with zero attached hydrogens (tertiary/aromatic N) is 1. The number of aromatic amines is 2. The highest BCUT2D eigenvalue weighted by Crippen LogP contribution is 2.25. The van der Waals surface area contributed by atoms with Crippen LogP contribution in [0, 0.1) is 0 Å². The molecule has 0 unspecified atom stereocenters. The molecule has 6 nitrogen and oxygen atoms in total. The van der Waals surface area contributed by atoms with Gasteiger partial charge in [0.1, 0.15) is 23.4 Å². The monoisotopic (exact) mass is 346 g/mol. The summed E-state index contributed by atoms with van der Waals surface area (Å²) in [6.07, 6.45) is 2.38. The van der Waals surface area contributed by atoms with E-state index in [9.17, 15) is 4.79 Å². The molecule has 4 N–H and O–H groups in total. The number of ether oxygens (including phenoxy) is 1. The summed E-state index contributed by atoms with van der Waals surface area (Å²) in [4.78, 5) is 21.7. The van der Waals surface area contributed by atoms with Crippen LogP contribution in [0.4, 0.5) is 5.95 Å². The number of aromatic nitrogens is 3. The van der Waals surface area contributed by atoms with Gasteiger partial charge >= 0.3 is 0 Å². The first kappa shape index (κ1) is 16.0. The van der Waals surface area contributed by atoms with Crippen LogP contribution < -0.4 is 16.0 Å². The van der Waals surface area contributed by atoms with Crippen LogP contribution >= 0.6 is 0 Å². The summed E-state index contributed by atoms with van der Waals surface area (Å²) < 4.78 is 6.01. The van der Waals surface area contributed by atoms with E-state index in [1.807, 2.05) is 54.6 Å².